The number of benzene rings is 1. The van der Waals surface area contributed by atoms with Gasteiger partial charge in [0.1, 0.15) is 5.75 Å². The van der Waals surface area contributed by atoms with Gasteiger partial charge in [0.2, 0.25) is 0 Å². The quantitative estimate of drug-likeness (QED) is 0.359. The van der Waals surface area contributed by atoms with Crippen molar-refractivity contribution in [1.29, 1.82) is 0 Å². The molecule has 7 heteroatoms. The van der Waals surface area contributed by atoms with Gasteiger partial charge >= 0.3 is 11.9 Å². The number of aryl methyl sites for hydroxylation is 1. The molecule has 0 aliphatic rings. The van der Waals surface area contributed by atoms with E-state index in [0.717, 1.165) is 23.9 Å². The lowest BCUT2D eigenvalue weighted by molar-refractivity contribution is -0.143. The minimum Gasteiger partial charge on any atom is -0.508 e. The Balaban J connectivity index is 1.92. The maximum Gasteiger partial charge on any atom is 0.340 e. The van der Waals surface area contributed by atoms with Crippen LogP contribution in [0.2, 0.25) is 0 Å². The minimum atomic E-state index is -0.443. The van der Waals surface area contributed by atoms with E-state index >= 15 is 0 Å². The molecule has 3 aromatic rings. The molecule has 0 bridgehead atoms. The highest BCUT2D eigenvalue weighted by Crippen LogP contribution is 2.37. The van der Waals surface area contributed by atoms with Crippen LogP contribution in [0.5, 0.6) is 5.75 Å². The van der Waals surface area contributed by atoms with Crippen LogP contribution in [0, 0.1) is 0 Å². The van der Waals surface area contributed by atoms with Gasteiger partial charge in [0.05, 0.1) is 24.5 Å². The Hall–Kier alpha value is -3.35. The van der Waals surface area contributed by atoms with Gasteiger partial charge < -0.3 is 19.6 Å². The third-order valence-corrected chi connectivity index (χ3v) is 5.09. The zero-order chi connectivity index (χ0) is 22.2. The summed E-state index contributed by atoms with van der Waals surface area (Å²) in [7, 11) is 0. The molecule has 0 aliphatic carbocycles. The number of aromatic hydroxyl groups is 1. The predicted molar refractivity (Wildman–Crippen MR) is 118 cm³/mol. The first-order valence-corrected chi connectivity index (χ1v) is 10.7. The second-order valence-electron chi connectivity index (χ2n) is 7.19. The highest BCUT2D eigenvalue weighted by Gasteiger charge is 2.24. The van der Waals surface area contributed by atoms with Crippen molar-refractivity contribution in [1.82, 2.24) is 9.97 Å². The van der Waals surface area contributed by atoms with Crippen molar-refractivity contribution in [3.05, 3.63) is 47.8 Å². The van der Waals surface area contributed by atoms with Crippen molar-refractivity contribution >= 4 is 22.8 Å². The van der Waals surface area contributed by atoms with Crippen molar-refractivity contribution in [2.45, 2.75) is 46.0 Å². The Morgan fingerprint density at radius 1 is 1.06 bits per heavy atom. The summed E-state index contributed by atoms with van der Waals surface area (Å²) in [5.74, 6) is -0.495. The van der Waals surface area contributed by atoms with Crippen molar-refractivity contribution < 1.29 is 24.2 Å². The van der Waals surface area contributed by atoms with Gasteiger partial charge in [0.15, 0.2) is 0 Å². The van der Waals surface area contributed by atoms with Gasteiger partial charge in [-0.25, -0.2) is 4.79 Å². The molecule has 1 aromatic carbocycles. The Labute approximate surface area is 181 Å². The zero-order valence-corrected chi connectivity index (χ0v) is 17.9. The number of fused-ring (bicyclic) bond motifs is 1. The number of hydrogen-bond acceptors (Lipinski definition) is 6. The van der Waals surface area contributed by atoms with E-state index < -0.39 is 5.97 Å². The molecule has 164 valence electrons. The van der Waals surface area contributed by atoms with Crippen LogP contribution in [0.4, 0.5) is 0 Å². The van der Waals surface area contributed by atoms with E-state index in [1.807, 2.05) is 6.07 Å². The molecule has 0 amide bonds. The standard InChI is InChI=1S/C24H28N2O5/c1-3-30-20(28)11-7-5-6-10-17-19(27)13-12-18-21(17)22(24(29)31-4-2)23(26-18)16-9-8-14-25-15-16/h8-9,12-15,26-27H,3-7,10-11H2,1-2H3. The SMILES string of the molecule is CCOC(=O)CCCCCc1c(O)ccc2[nH]c(-c3cccnc3)c(C(=O)OCC)c12. The maximum atomic E-state index is 12.9. The minimum absolute atomic E-state index is 0.139. The predicted octanol–water partition coefficient (Wildman–Crippen LogP) is 4.78. The van der Waals surface area contributed by atoms with Gasteiger partial charge in [-0.2, -0.15) is 0 Å². The van der Waals surface area contributed by atoms with Crippen molar-refractivity contribution in [3.8, 4) is 17.0 Å². The van der Waals surface area contributed by atoms with Gasteiger partial charge in [-0.3, -0.25) is 9.78 Å². The highest BCUT2D eigenvalue weighted by atomic mass is 16.5. The van der Waals surface area contributed by atoms with Crippen molar-refractivity contribution in [2.24, 2.45) is 0 Å². The van der Waals surface area contributed by atoms with Crippen LogP contribution in [0.15, 0.2) is 36.7 Å². The first kappa shape index (κ1) is 22.3. The van der Waals surface area contributed by atoms with E-state index in [1.54, 1.807) is 44.4 Å². The largest absolute Gasteiger partial charge is 0.508 e. The number of nitrogens with zero attached hydrogens (tertiary/aromatic N) is 1. The van der Waals surface area contributed by atoms with E-state index in [0.29, 0.717) is 48.1 Å². The third-order valence-electron chi connectivity index (χ3n) is 5.09. The maximum absolute atomic E-state index is 12.9. The van der Waals surface area contributed by atoms with Gasteiger partial charge in [0, 0.05) is 40.8 Å². The smallest absolute Gasteiger partial charge is 0.340 e. The molecule has 0 aliphatic heterocycles. The molecule has 0 saturated carbocycles. The third kappa shape index (κ3) is 5.23. The number of phenols is 1. The average molecular weight is 424 g/mol. The molecule has 0 radical (unpaired) electrons. The summed E-state index contributed by atoms with van der Waals surface area (Å²) >= 11 is 0. The first-order valence-electron chi connectivity index (χ1n) is 10.7. The second-order valence-corrected chi connectivity index (χ2v) is 7.19. The van der Waals surface area contributed by atoms with E-state index in [1.165, 1.54) is 0 Å². The molecule has 2 aromatic heterocycles. The number of carbonyl (C=O) groups is 2. The molecular formula is C24H28N2O5. The van der Waals surface area contributed by atoms with Crippen LogP contribution in [0.25, 0.3) is 22.2 Å². The topological polar surface area (TPSA) is 102 Å². The highest BCUT2D eigenvalue weighted by molar-refractivity contribution is 6.11. The monoisotopic (exact) mass is 424 g/mol. The van der Waals surface area contributed by atoms with E-state index in [9.17, 15) is 14.7 Å². The van der Waals surface area contributed by atoms with Crippen molar-refractivity contribution in [2.75, 3.05) is 13.2 Å². The van der Waals surface area contributed by atoms with Gasteiger partial charge in [-0.1, -0.05) is 6.42 Å². The normalized spacial score (nSPS) is 10.9. The molecule has 2 heterocycles. The van der Waals surface area contributed by atoms with Crippen LogP contribution in [-0.2, 0) is 20.7 Å². The molecule has 31 heavy (non-hydrogen) atoms. The van der Waals surface area contributed by atoms with Gasteiger partial charge in [-0.15, -0.1) is 0 Å². The molecule has 0 fully saturated rings. The number of H-pyrrole nitrogens is 1. The Morgan fingerprint density at radius 3 is 2.58 bits per heavy atom. The summed E-state index contributed by atoms with van der Waals surface area (Å²) < 4.78 is 10.3. The number of aromatic nitrogens is 2. The molecule has 2 N–H and O–H groups in total. The number of rotatable bonds is 10. The summed E-state index contributed by atoms with van der Waals surface area (Å²) in [5.41, 5.74) is 3.24. The van der Waals surface area contributed by atoms with Crippen LogP contribution in [-0.4, -0.2) is 40.2 Å². The number of ether oxygens (including phenoxy) is 2. The van der Waals surface area contributed by atoms with E-state index in [2.05, 4.69) is 9.97 Å². The molecule has 0 spiro atoms. The summed E-state index contributed by atoms with van der Waals surface area (Å²) in [6.07, 6.45) is 6.60. The summed E-state index contributed by atoms with van der Waals surface area (Å²) in [4.78, 5) is 31.9. The van der Waals surface area contributed by atoms with E-state index in [4.69, 9.17) is 9.47 Å². The summed E-state index contributed by atoms with van der Waals surface area (Å²) in [6, 6.07) is 7.07. The summed E-state index contributed by atoms with van der Waals surface area (Å²) in [6.45, 7) is 4.19. The lowest BCUT2D eigenvalue weighted by Crippen LogP contribution is -2.06. The Morgan fingerprint density at radius 2 is 1.87 bits per heavy atom. The fourth-order valence-electron chi connectivity index (χ4n) is 3.72. The van der Waals surface area contributed by atoms with Gasteiger partial charge in [0.25, 0.3) is 0 Å². The zero-order valence-electron chi connectivity index (χ0n) is 17.9. The number of unbranched alkanes of at least 4 members (excludes halogenated alkanes) is 2. The van der Waals surface area contributed by atoms with E-state index in [-0.39, 0.29) is 18.3 Å². The molecule has 7 nitrogen and oxygen atoms in total. The van der Waals surface area contributed by atoms with Crippen LogP contribution in [0.3, 0.4) is 0 Å². The average Bonchev–Trinajstić information content (AvgIpc) is 3.16. The number of aromatic amines is 1. The molecule has 0 unspecified atom stereocenters. The fraction of sp³-hybridized carbons (Fsp3) is 0.375. The molecule has 0 atom stereocenters. The Bertz CT molecular complexity index is 1040. The van der Waals surface area contributed by atoms with Crippen LogP contribution < -0.4 is 0 Å². The lowest BCUT2D eigenvalue weighted by Gasteiger charge is -2.10. The molecule has 3 rings (SSSR count). The lowest BCUT2D eigenvalue weighted by atomic mass is 9.97. The number of phenolic OH excluding ortho intramolecular Hbond substituents is 1. The van der Waals surface area contributed by atoms with Crippen LogP contribution in [0.1, 0.15) is 55.5 Å². The first-order chi connectivity index (χ1) is 15.1. The molecular weight excluding hydrogens is 396 g/mol. The van der Waals surface area contributed by atoms with Crippen LogP contribution >= 0.6 is 0 Å². The second kappa shape index (κ2) is 10.6. The number of esters is 2. The number of nitrogens with one attached hydrogen (secondary N) is 1. The van der Waals surface area contributed by atoms with Gasteiger partial charge in [-0.05, 0) is 57.4 Å². The molecule has 0 saturated heterocycles. The number of pyridine rings is 1. The number of hydrogen-bond donors (Lipinski definition) is 2. The number of carbonyl (C=O) groups excluding carboxylic acids is 2. The summed E-state index contributed by atoms with van der Waals surface area (Å²) in [5, 5.41) is 11.3. The van der Waals surface area contributed by atoms with Crippen molar-refractivity contribution in [3.63, 3.8) is 0 Å². The fourth-order valence-corrected chi connectivity index (χ4v) is 3.72. The Kier molecular flexibility index (Phi) is 7.65.